The molecule has 1 aliphatic heterocycles. The van der Waals surface area contributed by atoms with Crippen LogP contribution in [0.3, 0.4) is 0 Å². The second kappa shape index (κ2) is 2.70. The number of carbonyl (C=O) groups excluding carboxylic acids is 1. The van der Waals surface area contributed by atoms with Gasteiger partial charge in [0.25, 0.3) is 5.91 Å². The average molecular weight is 200 g/mol. The number of hydrogen-bond donors (Lipinski definition) is 0. The first kappa shape index (κ1) is 8.23. The molecular weight excluding hydrogens is 192 g/mol. The molecule has 0 N–H and O–H groups in total. The highest BCUT2D eigenvalue weighted by Gasteiger charge is 2.27. The predicted molar refractivity (Wildman–Crippen MR) is 53.9 cm³/mol. The minimum absolute atomic E-state index is 0.0936. The summed E-state index contributed by atoms with van der Waals surface area (Å²) in [5, 5.41) is 3.97. The summed E-state index contributed by atoms with van der Waals surface area (Å²) >= 11 is 0. The van der Waals surface area contributed by atoms with Crippen molar-refractivity contribution < 1.29 is 9.53 Å². The number of ether oxygens (including phenoxy) is 1. The highest BCUT2D eigenvalue weighted by molar-refractivity contribution is 6.08. The van der Waals surface area contributed by atoms with Crippen LogP contribution < -0.4 is 4.74 Å². The summed E-state index contributed by atoms with van der Waals surface area (Å²) in [5.41, 5.74) is 2.41. The number of rotatable bonds is 1. The molecule has 74 valence electrons. The third-order valence-corrected chi connectivity index (χ3v) is 2.57. The van der Waals surface area contributed by atoms with Crippen molar-refractivity contribution >= 4 is 5.91 Å². The van der Waals surface area contributed by atoms with Crippen LogP contribution >= 0.6 is 0 Å². The maximum absolute atomic E-state index is 11.9. The largest absolute Gasteiger partial charge is 0.497 e. The van der Waals surface area contributed by atoms with Gasteiger partial charge in [0, 0.05) is 5.56 Å². The summed E-state index contributed by atoms with van der Waals surface area (Å²) in [6.45, 7) is 0. The van der Waals surface area contributed by atoms with Crippen LogP contribution in [0.5, 0.6) is 5.75 Å². The fourth-order valence-electron chi connectivity index (χ4n) is 1.83. The summed E-state index contributed by atoms with van der Waals surface area (Å²) in [4.78, 5) is 11.9. The third-order valence-electron chi connectivity index (χ3n) is 2.57. The van der Waals surface area contributed by atoms with Crippen LogP contribution in [0, 0.1) is 0 Å². The van der Waals surface area contributed by atoms with Crippen LogP contribution in [0.15, 0.2) is 30.5 Å². The third kappa shape index (κ3) is 0.958. The van der Waals surface area contributed by atoms with E-state index < -0.39 is 0 Å². The Morgan fingerprint density at radius 1 is 1.27 bits per heavy atom. The molecule has 2 heterocycles. The highest BCUT2D eigenvalue weighted by Crippen LogP contribution is 2.33. The number of fused-ring (bicyclic) bond motifs is 3. The first-order chi connectivity index (χ1) is 7.31. The molecule has 15 heavy (non-hydrogen) atoms. The molecular formula is C11H8N2O2. The van der Waals surface area contributed by atoms with Gasteiger partial charge in [0.15, 0.2) is 0 Å². The SMILES string of the molecule is COc1ccc2c(c1)C(=O)n1nccc1-2. The molecule has 0 radical (unpaired) electrons. The van der Waals surface area contributed by atoms with Gasteiger partial charge < -0.3 is 4.74 Å². The maximum atomic E-state index is 11.9. The van der Waals surface area contributed by atoms with Crippen LogP contribution in [-0.4, -0.2) is 22.8 Å². The van der Waals surface area contributed by atoms with E-state index in [4.69, 9.17) is 4.74 Å². The van der Waals surface area contributed by atoms with Crippen LogP contribution in [0.1, 0.15) is 10.4 Å². The Morgan fingerprint density at radius 3 is 2.93 bits per heavy atom. The van der Waals surface area contributed by atoms with Gasteiger partial charge in [-0.25, -0.2) is 0 Å². The Morgan fingerprint density at radius 2 is 2.13 bits per heavy atom. The molecule has 0 aliphatic carbocycles. The van der Waals surface area contributed by atoms with Crippen molar-refractivity contribution in [1.29, 1.82) is 0 Å². The van der Waals surface area contributed by atoms with Crippen molar-refractivity contribution in [2.75, 3.05) is 7.11 Å². The van der Waals surface area contributed by atoms with Gasteiger partial charge >= 0.3 is 0 Å². The normalized spacial score (nSPS) is 12.5. The molecule has 0 bridgehead atoms. The van der Waals surface area contributed by atoms with E-state index in [1.165, 1.54) is 4.68 Å². The van der Waals surface area contributed by atoms with E-state index in [1.807, 2.05) is 18.2 Å². The van der Waals surface area contributed by atoms with Gasteiger partial charge in [0.05, 0.1) is 24.6 Å². The summed E-state index contributed by atoms with van der Waals surface area (Å²) in [7, 11) is 1.58. The molecule has 0 saturated heterocycles. The van der Waals surface area contributed by atoms with Crippen LogP contribution in [0.2, 0.25) is 0 Å². The molecule has 0 saturated carbocycles. The smallest absolute Gasteiger partial charge is 0.279 e. The highest BCUT2D eigenvalue weighted by atomic mass is 16.5. The number of methoxy groups -OCH3 is 1. The lowest BCUT2D eigenvalue weighted by Crippen LogP contribution is -2.07. The van der Waals surface area contributed by atoms with Crippen molar-refractivity contribution in [2.24, 2.45) is 0 Å². The second-order valence-corrected chi connectivity index (χ2v) is 3.34. The molecule has 0 atom stereocenters. The minimum Gasteiger partial charge on any atom is -0.497 e. The average Bonchev–Trinajstić information content (AvgIpc) is 2.83. The van der Waals surface area contributed by atoms with Gasteiger partial charge in [-0.3, -0.25) is 4.79 Å². The summed E-state index contributed by atoms with van der Waals surface area (Å²) in [5.74, 6) is 0.594. The number of aromatic nitrogens is 2. The number of nitrogens with zero attached hydrogens (tertiary/aromatic N) is 2. The van der Waals surface area contributed by atoms with Crippen molar-refractivity contribution in [2.45, 2.75) is 0 Å². The molecule has 1 aromatic heterocycles. The number of hydrogen-bond acceptors (Lipinski definition) is 3. The van der Waals surface area contributed by atoms with E-state index >= 15 is 0 Å². The lowest BCUT2D eigenvalue weighted by atomic mass is 10.1. The summed E-state index contributed by atoms with van der Waals surface area (Å²) in [6, 6.07) is 7.30. The lowest BCUT2D eigenvalue weighted by Gasteiger charge is -2.01. The van der Waals surface area contributed by atoms with Gasteiger partial charge in [0.1, 0.15) is 5.75 Å². The first-order valence-electron chi connectivity index (χ1n) is 4.58. The van der Waals surface area contributed by atoms with E-state index in [9.17, 15) is 4.79 Å². The van der Waals surface area contributed by atoms with Gasteiger partial charge in [0.2, 0.25) is 0 Å². The monoisotopic (exact) mass is 200 g/mol. The van der Waals surface area contributed by atoms with E-state index in [1.54, 1.807) is 19.4 Å². The molecule has 4 heteroatoms. The van der Waals surface area contributed by atoms with Crippen LogP contribution in [-0.2, 0) is 0 Å². The summed E-state index contributed by atoms with van der Waals surface area (Å²) < 4.78 is 6.49. The van der Waals surface area contributed by atoms with E-state index in [0.29, 0.717) is 11.3 Å². The number of carbonyl (C=O) groups is 1. The van der Waals surface area contributed by atoms with Gasteiger partial charge in [-0.1, -0.05) is 0 Å². The molecule has 4 nitrogen and oxygen atoms in total. The zero-order chi connectivity index (χ0) is 10.4. The second-order valence-electron chi connectivity index (χ2n) is 3.34. The Hall–Kier alpha value is -2.10. The zero-order valence-electron chi connectivity index (χ0n) is 8.10. The maximum Gasteiger partial charge on any atom is 0.279 e. The quantitative estimate of drug-likeness (QED) is 0.598. The van der Waals surface area contributed by atoms with E-state index in [0.717, 1.165) is 11.3 Å². The zero-order valence-corrected chi connectivity index (χ0v) is 8.10. The molecule has 3 rings (SSSR count). The number of benzene rings is 1. The molecule has 0 spiro atoms. The minimum atomic E-state index is -0.0936. The predicted octanol–water partition coefficient (Wildman–Crippen LogP) is 1.56. The van der Waals surface area contributed by atoms with E-state index in [2.05, 4.69) is 5.10 Å². The van der Waals surface area contributed by atoms with E-state index in [-0.39, 0.29) is 5.91 Å². The molecule has 1 aromatic carbocycles. The molecule has 2 aromatic rings. The van der Waals surface area contributed by atoms with Crippen molar-refractivity contribution in [3.63, 3.8) is 0 Å². The topological polar surface area (TPSA) is 44.1 Å². The summed E-state index contributed by atoms with van der Waals surface area (Å²) in [6.07, 6.45) is 1.63. The standard InChI is InChI=1S/C11H8N2O2/c1-15-7-2-3-8-9(6-7)11(14)13-10(8)4-5-12-13/h2-6H,1H3. The van der Waals surface area contributed by atoms with Gasteiger partial charge in [-0.2, -0.15) is 9.78 Å². The Bertz CT molecular complexity index is 557. The van der Waals surface area contributed by atoms with Gasteiger partial charge in [-0.15, -0.1) is 0 Å². The fourth-order valence-corrected chi connectivity index (χ4v) is 1.83. The Labute approximate surface area is 86.1 Å². The van der Waals surface area contributed by atoms with Crippen molar-refractivity contribution in [1.82, 2.24) is 9.78 Å². The fraction of sp³-hybridized carbons (Fsp3) is 0.0909. The van der Waals surface area contributed by atoms with Crippen molar-refractivity contribution in [3.05, 3.63) is 36.0 Å². The molecule has 1 aliphatic rings. The van der Waals surface area contributed by atoms with Gasteiger partial charge in [-0.05, 0) is 24.3 Å². The Balaban J connectivity index is 2.28. The lowest BCUT2D eigenvalue weighted by molar-refractivity contribution is 0.0954. The first-order valence-corrected chi connectivity index (χ1v) is 4.58. The van der Waals surface area contributed by atoms with Crippen molar-refractivity contribution in [3.8, 4) is 17.0 Å². The molecule has 0 amide bonds. The Kier molecular flexibility index (Phi) is 1.48. The molecule has 0 unspecified atom stereocenters. The van der Waals surface area contributed by atoms with Crippen LogP contribution in [0.4, 0.5) is 0 Å². The molecule has 0 fully saturated rings. The van der Waals surface area contributed by atoms with Crippen LogP contribution in [0.25, 0.3) is 11.3 Å².